The fraction of sp³-hybridized carbons (Fsp3) is 0.222. The van der Waals surface area contributed by atoms with Gasteiger partial charge in [0.15, 0.2) is 0 Å². The quantitative estimate of drug-likeness (QED) is 0.497. The van der Waals surface area contributed by atoms with Crippen molar-refractivity contribution < 1.29 is 9.90 Å². The van der Waals surface area contributed by atoms with E-state index in [1.165, 1.54) is 0 Å². The third-order valence-electron chi connectivity index (χ3n) is 1.16. The summed E-state index contributed by atoms with van der Waals surface area (Å²) in [5.41, 5.74) is 1.22. The maximum absolute atomic E-state index is 10.3. The summed E-state index contributed by atoms with van der Waals surface area (Å²) in [6.45, 7) is 6.89. The zero-order valence-electron chi connectivity index (χ0n) is 6.79. The van der Waals surface area contributed by atoms with Gasteiger partial charge in [-0.15, -0.1) is 0 Å². The number of carbonyl (C=O) groups is 1. The van der Waals surface area contributed by atoms with Crippen LogP contribution >= 0.6 is 0 Å². The van der Waals surface area contributed by atoms with E-state index in [4.69, 9.17) is 5.11 Å². The van der Waals surface area contributed by atoms with E-state index in [1.807, 2.05) is 6.92 Å². The van der Waals surface area contributed by atoms with Crippen molar-refractivity contribution >= 4 is 5.97 Å². The lowest BCUT2D eigenvalue weighted by atomic mass is 10.2. The van der Waals surface area contributed by atoms with Crippen molar-refractivity contribution in [1.82, 2.24) is 0 Å². The smallest absolute Gasteiger partial charge is 0.331 e. The number of aliphatic carboxylic acids is 1. The van der Waals surface area contributed by atoms with Crippen LogP contribution in [0.3, 0.4) is 0 Å². The minimum absolute atomic E-state index is 0.334. The van der Waals surface area contributed by atoms with Gasteiger partial charge in [0, 0.05) is 5.57 Å². The third-order valence-corrected chi connectivity index (χ3v) is 1.16. The van der Waals surface area contributed by atoms with E-state index in [-0.39, 0.29) is 0 Å². The van der Waals surface area contributed by atoms with E-state index in [9.17, 15) is 4.79 Å². The summed E-state index contributed by atoms with van der Waals surface area (Å²) in [4.78, 5) is 10.3. The Morgan fingerprint density at radius 1 is 1.45 bits per heavy atom. The third kappa shape index (κ3) is 4.14. The molecule has 0 heterocycles. The van der Waals surface area contributed by atoms with Gasteiger partial charge in [-0.05, 0) is 19.9 Å². The lowest BCUT2D eigenvalue weighted by Gasteiger charge is -1.92. The normalized spacial score (nSPS) is 12.9. The first kappa shape index (κ1) is 9.69. The Labute approximate surface area is 66.5 Å². The summed E-state index contributed by atoms with van der Waals surface area (Å²) in [6.07, 6.45) is 4.98. The molecular formula is C9H12O2. The van der Waals surface area contributed by atoms with Crippen LogP contribution < -0.4 is 0 Å². The topological polar surface area (TPSA) is 37.3 Å². The Kier molecular flexibility index (Phi) is 3.96. The largest absolute Gasteiger partial charge is 0.478 e. The van der Waals surface area contributed by atoms with Crippen molar-refractivity contribution in [1.29, 1.82) is 0 Å². The Bertz CT molecular complexity index is 222. The molecule has 1 N–H and O–H groups in total. The SMILES string of the molecule is C=CC=C(C)C=C(C)C(=O)O. The zero-order chi connectivity index (χ0) is 8.85. The van der Waals surface area contributed by atoms with Gasteiger partial charge in [0.1, 0.15) is 0 Å². The van der Waals surface area contributed by atoms with Gasteiger partial charge in [0.05, 0.1) is 0 Å². The van der Waals surface area contributed by atoms with Crippen LogP contribution in [0.5, 0.6) is 0 Å². The molecule has 0 aliphatic heterocycles. The Morgan fingerprint density at radius 3 is 2.36 bits per heavy atom. The second kappa shape index (κ2) is 4.50. The molecule has 0 fully saturated rings. The van der Waals surface area contributed by atoms with Gasteiger partial charge < -0.3 is 5.11 Å². The molecule has 0 radical (unpaired) electrons. The highest BCUT2D eigenvalue weighted by Crippen LogP contribution is 2.01. The molecule has 0 rings (SSSR count). The predicted octanol–water partition coefficient (Wildman–Crippen LogP) is 2.15. The van der Waals surface area contributed by atoms with Crippen molar-refractivity contribution in [2.24, 2.45) is 0 Å². The van der Waals surface area contributed by atoms with Crippen LogP contribution in [0.2, 0.25) is 0 Å². The first-order valence-corrected chi connectivity index (χ1v) is 3.29. The summed E-state index contributed by atoms with van der Waals surface area (Å²) < 4.78 is 0. The average molecular weight is 152 g/mol. The molecule has 0 aliphatic rings. The van der Waals surface area contributed by atoms with Crippen LogP contribution in [0.1, 0.15) is 13.8 Å². The van der Waals surface area contributed by atoms with Crippen molar-refractivity contribution in [3.05, 3.63) is 36.0 Å². The van der Waals surface area contributed by atoms with Crippen LogP contribution in [0, 0.1) is 0 Å². The first-order valence-electron chi connectivity index (χ1n) is 3.29. The predicted molar refractivity (Wildman–Crippen MR) is 45.3 cm³/mol. The standard InChI is InChI=1S/C9H12O2/c1-4-5-7(2)6-8(3)9(10)11/h4-6H,1H2,2-3H3,(H,10,11). The highest BCUT2D eigenvalue weighted by Gasteiger charge is 1.97. The summed E-state index contributed by atoms with van der Waals surface area (Å²) in [5, 5.41) is 8.48. The van der Waals surface area contributed by atoms with Crippen LogP contribution in [0.15, 0.2) is 36.0 Å². The van der Waals surface area contributed by atoms with Gasteiger partial charge in [0.25, 0.3) is 0 Å². The van der Waals surface area contributed by atoms with E-state index in [0.717, 1.165) is 5.57 Å². The Morgan fingerprint density at radius 2 is 2.00 bits per heavy atom. The molecule has 2 nitrogen and oxygen atoms in total. The number of allylic oxidation sites excluding steroid dienone is 4. The molecule has 60 valence electrons. The van der Waals surface area contributed by atoms with Crippen LogP contribution in [0.4, 0.5) is 0 Å². The Hall–Kier alpha value is -1.31. The van der Waals surface area contributed by atoms with Crippen LogP contribution in [0.25, 0.3) is 0 Å². The zero-order valence-corrected chi connectivity index (χ0v) is 6.79. The van der Waals surface area contributed by atoms with Crippen molar-refractivity contribution in [2.45, 2.75) is 13.8 Å². The average Bonchev–Trinajstić information content (AvgIpc) is 1.87. The molecule has 0 unspecified atom stereocenters. The van der Waals surface area contributed by atoms with Gasteiger partial charge in [-0.1, -0.05) is 24.3 Å². The molecule has 0 atom stereocenters. The molecule has 0 amide bonds. The van der Waals surface area contributed by atoms with Gasteiger partial charge in [-0.2, -0.15) is 0 Å². The van der Waals surface area contributed by atoms with Crippen molar-refractivity contribution in [2.75, 3.05) is 0 Å². The number of carboxylic acids is 1. The maximum Gasteiger partial charge on any atom is 0.331 e. The van der Waals surface area contributed by atoms with Gasteiger partial charge >= 0.3 is 5.97 Å². The first-order chi connectivity index (χ1) is 5.07. The van der Waals surface area contributed by atoms with E-state index in [2.05, 4.69) is 6.58 Å². The minimum atomic E-state index is -0.887. The molecule has 0 saturated carbocycles. The highest BCUT2D eigenvalue weighted by atomic mass is 16.4. The van der Waals surface area contributed by atoms with E-state index >= 15 is 0 Å². The minimum Gasteiger partial charge on any atom is -0.478 e. The number of hydrogen-bond donors (Lipinski definition) is 1. The molecule has 11 heavy (non-hydrogen) atoms. The number of rotatable bonds is 3. The van der Waals surface area contributed by atoms with Crippen molar-refractivity contribution in [3.8, 4) is 0 Å². The second-order valence-corrected chi connectivity index (χ2v) is 2.28. The Balaban J connectivity index is 4.42. The molecular weight excluding hydrogens is 140 g/mol. The van der Waals surface area contributed by atoms with Gasteiger partial charge in [-0.3, -0.25) is 0 Å². The summed E-state index contributed by atoms with van der Waals surface area (Å²) in [7, 11) is 0. The van der Waals surface area contributed by atoms with Gasteiger partial charge in [-0.25, -0.2) is 4.79 Å². The van der Waals surface area contributed by atoms with E-state index in [1.54, 1.807) is 25.2 Å². The maximum atomic E-state index is 10.3. The molecule has 0 aromatic carbocycles. The lowest BCUT2D eigenvalue weighted by molar-refractivity contribution is -0.132. The molecule has 0 bridgehead atoms. The fourth-order valence-electron chi connectivity index (χ4n) is 0.637. The fourth-order valence-corrected chi connectivity index (χ4v) is 0.637. The van der Waals surface area contributed by atoms with E-state index < -0.39 is 5.97 Å². The van der Waals surface area contributed by atoms with Crippen molar-refractivity contribution in [3.63, 3.8) is 0 Å². The number of hydrogen-bond acceptors (Lipinski definition) is 1. The highest BCUT2D eigenvalue weighted by molar-refractivity contribution is 5.86. The molecule has 0 aliphatic carbocycles. The molecule has 2 heteroatoms. The van der Waals surface area contributed by atoms with Crippen LogP contribution in [-0.2, 0) is 4.79 Å². The summed E-state index contributed by atoms with van der Waals surface area (Å²) in [5.74, 6) is -0.887. The van der Waals surface area contributed by atoms with Crippen LogP contribution in [-0.4, -0.2) is 11.1 Å². The molecule has 0 spiro atoms. The number of carboxylic acid groups (broad SMARTS) is 1. The second-order valence-electron chi connectivity index (χ2n) is 2.28. The monoisotopic (exact) mass is 152 g/mol. The molecule has 0 aromatic rings. The summed E-state index contributed by atoms with van der Waals surface area (Å²) in [6, 6.07) is 0. The molecule has 0 aromatic heterocycles. The van der Waals surface area contributed by atoms with E-state index in [0.29, 0.717) is 5.57 Å². The molecule has 0 saturated heterocycles. The summed E-state index contributed by atoms with van der Waals surface area (Å²) >= 11 is 0. The van der Waals surface area contributed by atoms with Gasteiger partial charge in [0.2, 0.25) is 0 Å². The lowest BCUT2D eigenvalue weighted by Crippen LogP contribution is -1.95.